The fourth-order valence-corrected chi connectivity index (χ4v) is 5.33. The SMILES string of the molecule is CC[C@@H](C)NC(=O)[C@H](CC)N(Cc1c(Cl)cccc1Cl)C(=O)CN(c1cc(C(F)(F)F)ccc1Cl)S(C)(=O)=O. The maximum Gasteiger partial charge on any atom is 0.416 e. The molecule has 0 unspecified atom stereocenters. The molecular weight excluding hydrogens is 602 g/mol. The number of nitrogens with one attached hydrogen (secondary N) is 1. The van der Waals surface area contributed by atoms with Crippen LogP contribution in [-0.4, -0.2) is 50.0 Å². The predicted octanol–water partition coefficient (Wildman–Crippen LogP) is 6.15. The van der Waals surface area contributed by atoms with Crippen LogP contribution in [0, 0.1) is 0 Å². The van der Waals surface area contributed by atoms with Crippen molar-refractivity contribution in [1.82, 2.24) is 10.2 Å². The molecule has 1 N–H and O–H groups in total. The minimum Gasteiger partial charge on any atom is -0.352 e. The Hall–Kier alpha value is -2.21. The molecule has 2 aromatic carbocycles. The fraction of sp³-hybridized carbons (Fsp3) is 0.440. The minimum atomic E-state index is -4.79. The highest BCUT2D eigenvalue weighted by atomic mass is 35.5. The summed E-state index contributed by atoms with van der Waals surface area (Å²) in [7, 11) is -4.31. The van der Waals surface area contributed by atoms with Gasteiger partial charge in [0.1, 0.15) is 12.6 Å². The van der Waals surface area contributed by atoms with Crippen molar-refractivity contribution in [2.24, 2.45) is 0 Å². The number of carbonyl (C=O) groups excluding carboxylic acids is 2. The third-order valence-corrected chi connectivity index (χ3v) is 8.15. The van der Waals surface area contributed by atoms with Gasteiger partial charge in [-0.2, -0.15) is 13.2 Å². The topological polar surface area (TPSA) is 86.8 Å². The number of hydrogen-bond acceptors (Lipinski definition) is 4. The zero-order chi connectivity index (χ0) is 29.7. The molecule has 216 valence electrons. The molecule has 0 aliphatic carbocycles. The molecule has 0 aromatic heterocycles. The van der Waals surface area contributed by atoms with Crippen molar-refractivity contribution in [2.75, 3.05) is 17.1 Å². The molecule has 0 spiro atoms. The molecule has 2 atom stereocenters. The van der Waals surface area contributed by atoms with Crippen LogP contribution in [0.25, 0.3) is 0 Å². The van der Waals surface area contributed by atoms with Crippen LogP contribution >= 0.6 is 34.8 Å². The van der Waals surface area contributed by atoms with Gasteiger partial charge < -0.3 is 10.2 Å². The van der Waals surface area contributed by atoms with Crippen molar-refractivity contribution < 1.29 is 31.2 Å². The highest BCUT2D eigenvalue weighted by Crippen LogP contribution is 2.36. The van der Waals surface area contributed by atoms with Crippen LogP contribution in [0.3, 0.4) is 0 Å². The first-order valence-electron chi connectivity index (χ1n) is 11.9. The molecule has 0 aliphatic heterocycles. The molecular formula is C25H29Cl3F3N3O4S. The van der Waals surface area contributed by atoms with Crippen molar-refractivity contribution in [2.45, 2.75) is 58.4 Å². The van der Waals surface area contributed by atoms with E-state index in [1.807, 2.05) is 6.92 Å². The van der Waals surface area contributed by atoms with Crippen molar-refractivity contribution in [3.8, 4) is 0 Å². The minimum absolute atomic E-state index is 0.138. The summed E-state index contributed by atoms with van der Waals surface area (Å²) in [5.41, 5.74) is -1.37. The summed E-state index contributed by atoms with van der Waals surface area (Å²) in [5.74, 6) is -1.37. The van der Waals surface area contributed by atoms with Gasteiger partial charge in [-0.05, 0) is 50.1 Å². The van der Waals surface area contributed by atoms with Crippen LogP contribution in [0.5, 0.6) is 0 Å². The smallest absolute Gasteiger partial charge is 0.352 e. The van der Waals surface area contributed by atoms with Gasteiger partial charge in [0.15, 0.2) is 0 Å². The monoisotopic (exact) mass is 629 g/mol. The van der Waals surface area contributed by atoms with E-state index in [4.69, 9.17) is 34.8 Å². The number of alkyl halides is 3. The molecule has 0 saturated heterocycles. The second-order valence-electron chi connectivity index (χ2n) is 8.90. The Labute approximate surface area is 241 Å². The standard InChI is InChI=1S/C25H29Cl3F3N3O4S/c1-5-15(3)32-24(36)21(6-2)33(13-17-18(26)8-7-9-19(17)27)23(35)14-34(39(4,37)38)22-12-16(25(29,30)31)10-11-20(22)28/h7-12,15,21H,5-6,13-14H2,1-4H3,(H,32,36)/t15-,21+/m1/s1. The average Bonchev–Trinajstić information content (AvgIpc) is 2.83. The molecule has 0 fully saturated rings. The Balaban J connectivity index is 2.60. The van der Waals surface area contributed by atoms with E-state index in [9.17, 15) is 31.2 Å². The molecule has 0 heterocycles. The molecule has 0 radical (unpaired) electrons. The van der Waals surface area contributed by atoms with E-state index in [-0.39, 0.29) is 34.1 Å². The summed E-state index contributed by atoms with van der Waals surface area (Å²) in [4.78, 5) is 28.0. The Bertz CT molecular complexity index is 1290. The van der Waals surface area contributed by atoms with E-state index in [1.165, 1.54) is 12.1 Å². The summed E-state index contributed by atoms with van der Waals surface area (Å²) in [6, 6.07) is 5.53. The largest absolute Gasteiger partial charge is 0.416 e. The van der Waals surface area contributed by atoms with Gasteiger partial charge in [0.05, 0.1) is 22.5 Å². The first-order chi connectivity index (χ1) is 18.0. The Morgan fingerprint density at radius 3 is 2.08 bits per heavy atom. The molecule has 2 rings (SSSR count). The van der Waals surface area contributed by atoms with Crippen molar-refractivity contribution >= 4 is 62.3 Å². The third kappa shape index (κ3) is 8.64. The number of nitrogens with zero attached hydrogens (tertiary/aromatic N) is 2. The van der Waals surface area contributed by atoms with E-state index < -0.39 is 51.9 Å². The maximum atomic E-state index is 13.7. The summed E-state index contributed by atoms with van der Waals surface area (Å²) in [5, 5.41) is 2.90. The van der Waals surface area contributed by atoms with Crippen molar-refractivity contribution in [1.29, 1.82) is 0 Å². The number of rotatable bonds is 11. The van der Waals surface area contributed by atoms with Crippen LogP contribution < -0.4 is 9.62 Å². The number of amides is 2. The van der Waals surface area contributed by atoms with Gasteiger partial charge >= 0.3 is 6.18 Å². The molecule has 2 amide bonds. The second kappa shape index (κ2) is 13.4. The molecule has 7 nitrogen and oxygen atoms in total. The van der Waals surface area contributed by atoms with Gasteiger partial charge in [0.2, 0.25) is 21.8 Å². The first kappa shape index (κ1) is 33.0. The lowest BCUT2D eigenvalue weighted by Gasteiger charge is -2.34. The number of halogens is 6. The number of sulfonamides is 1. The van der Waals surface area contributed by atoms with E-state index >= 15 is 0 Å². The molecule has 14 heteroatoms. The molecule has 39 heavy (non-hydrogen) atoms. The zero-order valence-electron chi connectivity index (χ0n) is 21.7. The number of carbonyl (C=O) groups is 2. The van der Waals surface area contributed by atoms with Crippen molar-refractivity contribution in [3.63, 3.8) is 0 Å². The van der Waals surface area contributed by atoms with Crippen LogP contribution in [0.2, 0.25) is 15.1 Å². The highest BCUT2D eigenvalue weighted by Gasteiger charge is 2.35. The lowest BCUT2D eigenvalue weighted by Crippen LogP contribution is -2.53. The van der Waals surface area contributed by atoms with Gasteiger partial charge in [-0.25, -0.2) is 8.42 Å². The lowest BCUT2D eigenvalue weighted by molar-refractivity contribution is -0.140. The van der Waals surface area contributed by atoms with E-state index in [0.29, 0.717) is 28.4 Å². The van der Waals surface area contributed by atoms with Gasteiger partial charge in [-0.15, -0.1) is 0 Å². The van der Waals surface area contributed by atoms with Gasteiger partial charge in [-0.1, -0.05) is 54.7 Å². The van der Waals surface area contributed by atoms with Crippen LogP contribution in [0.15, 0.2) is 36.4 Å². The molecule has 0 aliphatic rings. The normalized spacial score (nSPS) is 13.5. The van der Waals surface area contributed by atoms with Crippen molar-refractivity contribution in [3.05, 3.63) is 62.6 Å². The number of anilines is 1. The fourth-order valence-electron chi connectivity index (χ4n) is 3.69. The quantitative estimate of drug-likeness (QED) is 0.323. The van der Waals surface area contributed by atoms with Crippen LogP contribution in [0.1, 0.15) is 44.7 Å². The summed E-state index contributed by atoms with van der Waals surface area (Å²) >= 11 is 18.7. The lowest BCUT2D eigenvalue weighted by atomic mass is 10.1. The predicted molar refractivity (Wildman–Crippen MR) is 148 cm³/mol. The summed E-state index contributed by atoms with van der Waals surface area (Å²) in [6.07, 6.45) is -3.30. The van der Waals surface area contributed by atoms with Crippen LogP contribution in [-0.2, 0) is 32.3 Å². The highest BCUT2D eigenvalue weighted by molar-refractivity contribution is 7.92. The number of benzene rings is 2. The molecule has 0 bridgehead atoms. The molecule has 0 saturated carbocycles. The van der Waals surface area contributed by atoms with Crippen LogP contribution in [0.4, 0.5) is 18.9 Å². The van der Waals surface area contributed by atoms with E-state index in [2.05, 4.69) is 5.32 Å². The maximum absolute atomic E-state index is 13.7. The Morgan fingerprint density at radius 1 is 1.00 bits per heavy atom. The van der Waals surface area contributed by atoms with Gasteiger partial charge in [0, 0.05) is 28.2 Å². The van der Waals surface area contributed by atoms with E-state index in [1.54, 1.807) is 19.9 Å². The third-order valence-electron chi connectivity index (χ3n) is 6.00. The number of hydrogen-bond donors (Lipinski definition) is 1. The summed E-state index contributed by atoms with van der Waals surface area (Å²) in [6.45, 7) is 4.10. The van der Waals surface area contributed by atoms with Gasteiger partial charge in [0.25, 0.3) is 0 Å². The molecule has 2 aromatic rings. The first-order valence-corrected chi connectivity index (χ1v) is 14.9. The van der Waals surface area contributed by atoms with E-state index in [0.717, 1.165) is 17.2 Å². The Morgan fingerprint density at radius 2 is 1.59 bits per heavy atom. The zero-order valence-corrected chi connectivity index (χ0v) is 24.7. The van der Waals surface area contributed by atoms with Gasteiger partial charge in [-0.3, -0.25) is 13.9 Å². The Kier molecular flexibility index (Phi) is 11.4. The second-order valence-corrected chi connectivity index (χ2v) is 12.0. The summed E-state index contributed by atoms with van der Waals surface area (Å²) < 4.78 is 66.1. The average molecular weight is 631 g/mol.